The SMILES string of the molecule is c1ccc(-c2c(-c3ccc(-c4ccc5ccc6c(-c7ccc(N(c8ccccn8)c8ccccn8)cc7)ccc7ccc4c5c76)cc3)nc3ccccn23)cc1. The molecule has 262 valence electrons. The van der Waals surface area contributed by atoms with E-state index in [1.807, 2.05) is 54.9 Å². The standard InChI is InChI=1S/C51H33N5/c1-2-10-39(11-3-1)51-50(54-47-14-6-9-33-55(47)51)38-17-15-34(16-18-38)41-27-21-36-24-30-44-42(28-22-37-23-29-43(41)48(36)49(37)44)35-19-25-40(26-20-35)56(45-12-4-7-31-52-45)46-13-5-8-32-53-46/h1-33H. The number of hydrogen-bond acceptors (Lipinski definition) is 4. The number of fused-ring (bicyclic) bond motifs is 1. The Kier molecular flexibility index (Phi) is 7.42. The van der Waals surface area contributed by atoms with Crippen LogP contribution in [0.25, 0.3) is 82.7 Å². The molecule has 0 amide bonds. The lowest BCUT2D eigenvalue weighted by atomic mass is 9.87. The zero-order valence-electron chi connectivity index (χ0n) is 30.3. The van der Waals surface area contributed by atoms with E-state index in [4.69, 9.17) is 4.98 Å². The molecule has 0 fully saturated rings. The van der Waals surface area contributed by atoms with Crippen LogP contribution in [0.4, 0.5) is 17.3 Å². The van der Waals surface area contributed by atoms with Crippen molar-refractivity contribution in [1.82, 2.24) is 19.4 Å². The van der Waals surface area contributed by atoms with Crippen LogP contribution in [-0.4, -0.2) is 19.4 Å². The Bertz CT molecular complexity index is 3120. The van der Waals surface area contributed by atoms with Crippen LogP contribution >= 0.6 is 0 Å². The highest BCUT2D eigenvalue weighted by Crippen LogP contribution is 2.43. The third-order valence-electron chi connectivity index (χ3n) is 10.9. The zero-order chi connectivity index (χ0) is 37.0. The molecule has 0 atom stereocenters. The van der Waals surface area contributed by atoms with E-state index >= 15 is 0 Å². The van der Waals surface area contributed by atoms with Gasteiger partial charge in [0, 0.05) is 35.4 Å². The molecular formula is C51H33N5. The summed E-state index contributed by atoms with van der Waals surface area (Å²) in [4.78, 5) is 16.5. The van der Waals surface area contributed by atoms with Crippen LogP contribution in [0, 0.1) is 0 Å². The van der Waals surface area contributed by atoms with Crippen LogP contribution in [0.2, 0.25) is 0 Å². The maximum atomic E-state index is 5.10. The Morgan fingerprint density at radius 2 is 0.946 bits per heavy atom. The maximum absolute atomic E-state index is 5.10. The van der Waals surface area contributed by atoms with E-state index in [9.17, 15) is 0 Å². The molecule has 0 aliphatic rings. The highest BCUT2D eigenvalue weighted by Gasteiger charge is 2.19. The van der Waals surface area contributed by atoms with Crippen LogP contribution in [0.15, 0.2) is 201 Å². The van der Waals surface area contributed by atoms with Gasteiger partial charge in [-0.15, -0.1) is 0 Å². The quantitative estimate of drug-likeness (QED) is 0.154. The number of imidazole rings is 1. The van der Waals surface area contributed by atoms with Gasteiger partial charge in [0.05, 0.1) is 11.4 Å². The van der Waals surface area contributed by atoms with Crippen LogP contribution in [0.5, 0.6) is 0 Å². The first-order chi connectivity index (χ1) is 27.8. The zero-order valence-corrected chi connectivity index (χ0v) is 30.3. The highest BCUT2D eigenvalue weighted by molar-refractivity contribution is 6.27. The highest BCUT2D eigenvalue weighted by atomic mass is 15.2. The molecule has 0 aliphatic carbocycles. The van der Waals surface area contributed by atoms with Gasteiger partial charge >= 0.3 is 0 Å². The molecule has 0 spiro atoms. The minimum atomic E-state index is 0.819. The van der Waals surface area contributed by atoms with Gasteiger partial charge in [0.2, 0.25) is 0 Å². The molecular weight excluding hydrogens is 683 g/mol. The largest absolute Gasteiger partial charge is 0.299 e. The molecule has 0 N–H and O–H groups in total. The van der Waals surface area contributed by atoms with Crippen LogP contribution < -0.4 is 4.90 Å². The van der Waals surface area contributed by atoms with E-state index in [1.54, 1.807) is 0 Å². The Labute approximate surface area is 323 Å². The second kappa shape index (κ2) is 13.0. The van der Waals surface area contributed by atoms with Crippen molar-refractivity contribution in [1.29, 1.82) is 0 Å². The molecule has 11 aromatic rings. The third kappa shape index (κ3) is 5.21. The van der Waals surface area contributed by atoms with Crippen molar-refractivity contribution >= 4 is 55.3 Å². The number of hydrogen-bond donors (Lipinski definition) is 0. The van der Waals surface area contributed by atoms with Gasteiger partial charge in [-0.3, -0.25) is 9.30 Å². The molecule has 5 heteroatoms. The molecule has 0 radical (unpaired) electrons. The van der Waals surface area contributed by atoms with Crippen molar-refractivity contribution in [3.05, 3.63) is 201 Å². The summed E-state index contributed by atoms with van der Waals surface area (Å²) in [6.45, 7) is 0. The predicted octanol–water partition coefficient (Wildman–Crippen LogP) is 13.2. The summed E-state index contributed by atoms with van der Waals surface area (Å²) in [6.07, 6.45) is 5.72. The number of anilines is 3. The van der Waals surface area contributed by atoms with Crippen molar-refractivity contribution < 1.29 is 0 Å². The first kappa shape index (κ1) is 31.9. The fourth-order valence-electron chi connectivity index (χ4n) is 8.33. The fourth-order valence-corrected chi connectivity index (χ4v) is 8.33. The van der Waals surface area contributed by atoms with Gasteiger partial charge in [-0.2, -0.15) is 0 Å². The smallest absolute Gasteiger partial charge is 0.138 e. The number of aromatic nitrogens is 4. The Hall–Kier alpha value is -7.63. The summed E-state index contributed by atoms with van der Waals surface area (Å²) in [6, 6.07) is 64.4. The van der Waals surface area contributed by atoms with E-state index < -0.39 is 0 Å². The summed E-state index contributed by atoms with van der Waals surface area (Å²) in [7, 11) is 0. The van der Waals surface area contributed by atoms with Gasteiger partial charge in [0.15, 0.2) is 0 Å². The van der Waals surface area contributed by atoms with Gasteiger partial charge in [-0.1, -0.05) is 133 Å². The number of benzene rings is 7. The average molecular weight is 716 g/mol. The maximum Gasteiger partial charge on any atom is 0.138 e. The number of rotatable bonds is 7. The monoisotopic (exact) mass is 715 g/mol. The summed E-state index contributed by atoms with van der Waals surface area (Å²) in [5, 5.41) is 7.56. The first-order valence-electron chi connectivity index (χ1n) is 18.8. The van der Waals surface area contributed by atoms with Gasteiger partial charge in [-0.25, -0.2) is 15.0 Å². The molecule has 7 aromatic carbocycles. The Morgan fingerprint density at radius 1 is 0.411 bits per heavy atom. The summed E-state index contributed by atoms with van der Waals surface area (Å²) in [5.41, 5.74) is 11.0. The molecule has 11 rings (SSSR count). The molecule has 5 nitrogen and oxygen atoms in total. The first-order valence-corrected chi connectivity index (χ1v) is 18.8. The molecule has 56 heavy (non-hydrogen) atoms. The second-order valence-electron chi connectivity index (χ2n) is 14.1. The lowest BCUT2D eigenvalue weighted by Crippen LogP contribution is -2.12. The minimum absolute atomic E-state index is 0.819. The van der Waals surface area contributed by atoms with Gasteiger partial charge in [0.1, 0.15) is 17.3 Å². The topological polar surface area (TPSA) is 46.3 Å². The molecule has 0 saturated heterocycles. The number of pyridine rings is 3. The lowest BCUT2D eigenvalue weighted by molar-refractivity contribution is 1.13. The molecule has 0 bridgehead atoms. The molecule has 0 aliphatic heterocycles. The van der Waals surface area contributed by atoms with Crippen LogP contribution in [0.3, 0.4) is 0 Å². The number of nitrogens with zero attached hydrogens (tertiary/aromatic N) is 5. The van der Waals surface area contributed by atoms with Gasteiger partial charge in [-0.05, 0) is 103 Å². The van der Waals surface area contributed by atoms with E-state index in [0.29, 0.717) is 0 Å². The van der Waals surface area contributed by atoms with Crippen molar-refractivity contribution in [2.45, 2.75) is 0 Å². The van der Waals surface area contributed by atoms with E-state index in [1.165, 1.54) is 49.0 Å². The van der Waals surface area contributed by atoms with Gasteiger partial charge in [0.25, 0.3) is 0 Å². The van der Waals surface area contributed by atoms with E-state index in [-0.39, 0.29) is 0 Å². The van der Waals surface area contributed by atoms with Crippen LogP contribution in [0.1, 0.15) is 0 Å². The lowest BCUT2D eigenvalue weighted by Gasteiger charge is -2.23. The second-order valence-corrected chi connectivity index (χ2v) is 14.1. The molecule has 4 aromatic heterocycles. The van der Waals surface area contributed by atoms with E-state index in [2.05, 4.69) is 165 Å². The minimum Gasteiger partial charge on any atom is -0.299 e. The summed E-state index contributed by atoms with van der Waals surface area (Å²) < 4.78 is 2.18. The van der Waals surface area contributed by atoms with Crippen molar-refractivity contribution in [2.24, 2.45) is 0 Å². The summed E-state index contributed by atoms with van der Waals surface area (Å²) >= 11 is 0. The van der Waals surface area contributed by atoms with Gasteiger partial charge < -0.3 is 0 Å². The Morgan fingerprint density at radius 3 is 1.54 bits per heavy atom. The molecule has 0 saturated carbocycles. The predicted molar refractivity (Wildman–Crippen MR) is 231 cm³/mol. The molecule has 4 heterocycles. The Balaban J connectivity index is 0.993. The van der Waals surface area contributed by atoms with Crippen molar-refractivity contribution in [3.8, 4) is 44.8 Å². The summed E-state index contributed by atoms with van der Waals surface area (Å²) in [5.74, 6) is 1.64. The molecule has 0 unspecified atom stereocenters. The van der Waals surface area contributed by atoms with Crippen molar-refractivity contribution in [2.75, 3.05) is 4.90 Å². The average Bonchev–Trinajstić information content (AvgIpc) is 3.67. The third-order valence-corrected chi connectivity index (χ3v) is 10.9. The van der Waals surface area contributed by atoms with Crippen LogP contribution in [-0.2, 0) is 0 Å². The van der Waals surface area contributed by atoms with E-state index in [0.717, 1.165) is 51.0 Å². The normalized spacial score (nSPS) is 11.6. The fraction of sp³-hybridized carbons (Fsp3) is 0. The van der Waals surface area contributed by atoms with Crippen molar-refractivity contribution in [3.63, 3.8) is 0 Å².